The minimum Gasteiger partial charge on any atom is -0.481 e. The van der Waals surface area contributed by atoms with Gasteiger partial charge in [-0.25, -0.2) is 0 Å². The molecule has 1 aromatic carbocycles. The molecular formula is C16H23NO2. The fourth-order valence-corrected chi connectivity index (χ4v) is 2.91. The number of rotatable bonds is 5. The van der Waals surface area contributed by atoms with Crippen LogP contribution in [-0.4, -0.2) is 35.6 Å². The zero-order chi connectivity index (χ0) is 13.9. The van der Waals surface area contributed by atoms with Crippen molar-refractivity contribution in [2.45, 2.75) is 26.7 Å². The monoisotopic (exact) mass is 261 g/mol. The predicted molar refractivity (Wildman–Crippen MR) is 76.1 cm³/mol. The Morgan fingerprint density at radius 2 is 2.11 bits per heavy atom. The lowest BCUT2D eigenvalue weighted by atomic mass is 9.90. The van der Waals surface area contributed by atoms with Crippen LogP contribution in [0.15, 0.2) is 30.3 Å². The zero-order valence-corrected chi connectivity index (χ0v) is 11.8. The van der Waals surface area contributed by atoms with E-state index in [2.05, 4.69) is 36.1 Å². The molecule has 1 saturated heterocycles. The molecule has 0 aliphatic carbocycles. The largest absolute Gasteiger partial charge is 0.481 e. The van der Waals surface area contributed by atoms with Crippen LogP contribution in [0, 0.1) is 11.3 Å². The van der Waals surface area contributed by atoms with Crippen molar-refractivity contribution in [2.24, 2.45) is 11.3 Å². The van der Waals surface area contributed by atoms with Gasteiger partial charge in [-0.05, 0) is 37.8 Å². The van der Waals surface area contributed by atoms with E-state index >= 15 is 0 Å². The third kappa shape index (κ3) is 3.57. The van der Waals surface area contributed by atoms with Crippen molar-refractivity contribution in [3.63, 3.8) is 0 Å². The molecule has 2 rings (SSSR count). The Kier molecular flexibility index (Phi) is 4.25. The molecule has 3 nitrogen and oxygen atoms in total. The molecule has 1 aliphatic heterocycles. The summed E-state index contributed by atoms with van der Waals surface area (Å²) in [6.45, 7) is 6.67. The van der Waals surface area contributed by atoms with Gasteiger partial charge in [0.05, 0.1) is 5.41 Å². The van der Waals surface area contributed by atoms with Crippen LogP contribution >= 0.6 is 0 Å². The molecule has 2 atom stereocenters. The average molecular weight is 261 g/mol. The summed E-state index contributed by atoms with van der Waals surface area (Å²) in [7, 11) is 0. The fourth-order valence-electron chi connectivity index (χ4n) is 2.91. The van der Waals surface area contributed by atoms with E-state index in [0.29, 0.717) is 12.5 Å². The molecule has 1 aromatic rings. The van der Waals surface area contributed by atoms with Crippen molar-refractivity contribution in [1.82, 2.24) is 4.90 Å². The summed E-state index contributed by atoms with van der Waals surface area (Å²) < 4.78 is 0. The highest BCUT2D eigenvalue weighted by molar-refractivity contribution is 5.74. The van der Waals surface area contributed by atoms with Crippen LogP contribution < -0.4 is 0 Å². The van der Waals surface area contributed by atoms with Crippen molar-refractivity contribution in [3.05, 3.63) is 35.9 Å². The lowest BCUT2D eigenvalue weighted by Crippen LogP contribution is -2.33. The molecule has 0 spiro atoms. The summed E-state index contributed by atoms with van der Waals surface area (Å²) in [5.41, 5.74) is 0.808. The minimum atomic E-state index is -0.661. The third-order valence-corrected chi connectivity index (χ3v) is 4.07. The van der Waals surface area contributed by atoms with E-state index in [0.717, 1.165) is 25.9 Å². The summed E-state index contributed by atoms with van der Waals surface area (Å²) in [5.74, 6) is -0.107. The van der Waals surface area contributed by atoms with E-state index in [-0.39, 0.29) is 0 Å². The van der Waals surface area contributed by atoms with Gasteiger partial charge >= 0.3 is 5.97 Å². The van der Waals surface area contributed by atoms with E-state index < -0.39 is 11.4 Å². The van der Waals surface area contributed by atoms with Crippen LogP contribution in [0.5, 0.6) is 0 Å². The number of carbonyl (C=O) groups is 1. The van der Waals surface area contributed by atoms with E-state index in [1.54, 1.807) is 0 Å². The smallest absolute Gasteiger partial charge is 0.310 e. The number of hydrogen-bond donors (Lipinski definition) is 1. The Hall–Kier alpha value is -1.35. The lowest BCUT2D eigenvalue weighted by molar-refractivity contribution is -0.147. The summed E-state index contributed by atoms with van der Waals surface area (Å²) >= 11 is 0. The number of nitrogens with zero attached hydrogens (tertiary/aromatic N) is 1. The second-order valence-electron chi connectivity index (χ2n) is 6.15. The van der Waals surface area contributed by atoms with Crippen LogP contribution in [0.25, 0.3) is 0 Å². The molecule has 0 bridgehead atoms. The molecule has 19 heavy (non-hydrogen) atoms. The van der Waals surface area contributed by atoms with Gasteiger partial charge in [-0.3, -0.25) is 4.79 Å². The molecule has 1 N–H and O–H groups in total. The highest BCUT2D eigenvalue weighted by Gasteiger charge is 2.40. The molecule has 0 saturated carbocycles. The normalized spacial score (nSPS) is 25.4. The van der Waals surface area contributed by atoms with Gasteiger partial charge in [-0.2, -0.15) is 0 Å². The molecule has 0 amide bonds. The van der Waals surface area contributed by atoms with Crippen molar-refractivity contribution in [2.75, 3.05) is 19.6 Å². The molecule has 3 heteroatoms. The van der Waals surface area contributed by atoms with Gasteiger partial charge in [0, 0.05) is 13.1 Å². The number of carboxylic acid groups (broad SMARTS) is 1. The van der Waals surface area contributed by atoms with Crippen molar-refractivity contribution >= 4 is 5.97 Å². The first-order chi connectivity index (χ1) is 8.99. The number of hydrogen-bond acceptors (Lipinski definition) is 2. The average Bonchev–Trinajstić information content (AvgIpc) is 2.73. The van der Waals surface area contributed by atoms with Crippen LogP contribution in [0.3, 0.4) is 0 Å². The Bertz CT molecular complexity index is 432. The zero-order valence-electron chi connectivity index (χ0n) is 11.8. The minimum absolute atomic E-state index is 0.549. The summed E-state index contributed by atoms with van der Waals surface area (Å²) in [6.07, 6.45) is 1.82. The molecular weight excluding hydrogens is 238 g/mol. The van der Waals surface area contributed by atoms with E-state index in [1.165, 1.54) is 5.56 Å². The summed E-state index contributed by atoms with van der Waals surface area (Å²) in [6, 6.07) is 10.5. The van der Waals surface area contributed by atoms with Crippen molar-refractivity contribution < 1.29 is 9.90 Å². The maximum atomic E-state index is 11.2. The first-order valence-electron chi connectivity index (χ1n) is 6.99. The summed E-state index contributed by atoms with van der Waals surface area (Å²) in [4.78, 5) is 13.5. The van der Waals surface area contributed by atoms with Gasteiger partial charge < -0.3 is 10.0 Å². The molecule has 2 unspecified atom stereocenters. The Morgan fingerprint density at radius 3 is 2.68 bits per heavy atom. The highest BCUT2D eigenvalue weighted by Crippen LogP contribution is 2.30. The molecule has 0 radical (unpaired) electrons. The maximum absolute atomic E-state index is 11.2. The maximum Gasteiger partial charge on any atom is 0.310 e. The molecule has 1 heterocycles. The number of likely N-dealkylation sites (tertiary alicyclic amines) is 1. The van der Waals surface area contributed by atoms with E-state index in [1.807, 2.05) is 13.0 Å². The molecule has 1 fully saturated rings. The van der Waals surface area contributed by atoms with E-state index in [4.69, 9.17) is 0 Å². The number of aliphatic carboxylic acids is 1. The van der Waals surface area contributed by atoms with Gasteiger partial charge in [-0.1, -0.05) is 37.3 Å². The summed E-state index contributed by atoms with van der Waals surface area (Å²) in [5, 5.41) is 9.23. The lowest BCUT2D eigenvalue weighted by Gasteiger charge is -2.23. The van der Waals surface area contributed by atoms with Crippen LogP contribution in [-0.2, 0) is 11.2 Å². The molecule has 0 aromatic heterocycles. The van der Waals surface area contributed by atoms with Gasteiger partial charge in [0.2, 0.25) is 0 Å². The van der Waals surface area contributed by atoms with Crippen LogP contribution in [0.1, 0.15) is 25.8 Å². The van der Waals surface area contributed by atoms with Crippen LogP contribution in [0.2, 0.25) is 0 Å². The topological polar surface area (TPSA) is 40.5 Å². The Labute approximate surface area is 115 Å². The number of carboxylic acids is 1. The quantitative estimate of drug-likeness (QED) is 0.886. The van der Waals surface area contributed by atoms with Gasteiger partial charge in [0.1, 0.15) is 0 Å². The first-order valence-corrected chi connectivity index (χ1v) is 6.99. The second kappa shape index (κ2) is 5.74. The number of benzene rings is 1. The van der Waals surface area contributed by atoms with Crippen molar-refractivity contribution in [3.8, 4) is 0 Å². The van der Waals surface area contributed by atoms with Gasteiger partial charge in [-0.15, -0.1) is 0 Å². The second-order valence-corrected chi connectivity index (χ2v) is 6.15. The van der Waals surface area contributed by atoms with Crippen molar-refractivity contribution in [1.29, 1.82) is 0 Å². The Morgan fingerprint density at radius 1 is 1.42 bits per heavy atom. The standard InChI is InChI=1S/C16H23NO2/c1-13(10-14-6-4-3-5-7-14)11-17-9-8-16(2,12-17)15(18)19/h3-7,13H,8-12H2,1-2H3,(H,18,19). The van der Waals surface area contributed by atoms with Gasteiger partial charge in [0.25, 0.3) is 0 Å². The van der Waals surface area contributed by atoms with Gasteiger partial charge in [0.15, 0.2) is 0 Å². The first kappa shape index (κ1) is 14.1. The highest BCUT2D eigenvalue weighted by atomic mass is 16.4. The van der Waals surface area contributed by atoms with Crippen LogP contribution in [0.4, 0.5) is 0 Å². The fraction of sp³-hybridized carbons (Fsp3) is 0.562. The van der Waals surface area contributed by atoms with E-state index in [9.17, 15) is 9.90 Å². The molecule has 104 valence electrons. The third-order valence-electron chi connectivity index (χ3n) is 4.07. The SMILES string of the molecule is CC(Cc1ccccc1)CN1CCC(C)(C(=O)O)C1. The Balaban J connectivity index is 1.84. The molecule has 1 aliphatic rings. The predicted octanol–water partition coefficient (Wildman–Crippen LogP) is 2.66.